The summed E-state index contributed by atoms with van der Waals surface area (Å²) < 4.78 is 26.7. The molecule has 1 aromatic carbocycles. The van der Waals surface area contributed by atoms with Crippen LogP contribution in [0.2, 0.25) is 0 Å². The normalized spacial score (nSPS) is 18.9. The predicted molar refractivity (Wildman–Crippen MR) is 71.2 cm³/mol. The van der Waals surface area contributed by atoms with Crippen molar-refractivity contribution in [3.05, 3.63) is 35.4 Å². The van der Waals surface area contributed by atoms with Gasteiger partial charge in [0.25, 0.3) is 0 Å². The number of likely N-dealkylation sites (tertiary alicyclic amines) is 1. The van der Waals surface area contributed by atoms with E-state index in [1.165, 1.54) is 6.07 Å². The van der Waals surface area contributed by atoms with E-state index in [1.54, 1.807) is 0 Å². The van der Waals surface area contributed by atoms with E-state index < -0.39 is 23.0 Å². The zero-order valence-electron chi connectivity index (χ0n) is 11.5. The highest BCUT2D eigenvalue weighted by atomic mass is 19.1. The average Bonchev–Trinajstić information content (AvgIpc) is 2.43. The number of aliphatic carboxylic acids is 1. The lowest BCUT2D eigenvalue weighted by atomic mass is 9.76. The SMILES string of the molecule is CCC1(C(=O)O)CCN(Cc2cc(F)ccc2F)CC1. The molecule has 110 valence electrons. The predicted octanol–water partition coefficient (Wildman–Crippen LogP) is 3.04. The van der Waals surface area contributed by atoms with Gasteiger partial charge in [-0.05, 0) is 50.6 Å². The lowest BCUT2D eigenvalue weighted by Gasteiger charge is -2.38. The van der Waals surface area contributed by atoms with Crippen molar-refractivity contribution < 1.29 is 18.7 Å². The van der Waals surface area contributed by atoms with E-state index in [0.29, 0.717) is 44.5 Å². The van der Waals surface area contributed by atoms with Crippen LogP contribution in [0.1, 0.15) is 31.7 Å². The van der Waals surface area contributed by atoms with Crippen LogP contribution in [0.4, 0.5) is 8.78 Å². The first kappa shape index (κ1) is 14.9. The molecule has 5 heteroatoms. The van der Waals surface area contributed by atoms with Gasteiger partial charge >= 0.3 is 5.97 Å². The van der Waals surface area contributed by atoms with E-state index in [2.05, 4.69) is 0 Å². The molecule has 20 heavy (non-hydrogen) atoms. The van der Waals surface area contributed by atoms with Gasteiger partial charge in [-0.15, -0.1) is 0 Å². The van der Waals surface area contributed by atoms with Gasteiger partial charge in [-0.2, -0.15) is 0 Å². The molecule has 1 fully saturated rings. The van der Waals surface area contributed by atoms with Gasteiger partial charge in [0, 0.05) is 12.1 Å². The minimum Gasteiger partial charge on any atom is -0.481 e. The third-order valence-electron chi connectivity index (χ3n) is 4.35. The Kier molecular flexibility index (Phi) is 4.38. The second-order valence-corrected chi connectivity index (χ2v) is 5.45. The highest BCUT2D eigenvalue weighted by molar-refractivity contribution is 5.74. The minimum absolute atomic E-state index is 0.322. The van der Waals surface area contributed by atoms with Crippen molar-refractivity contribution in [2.45, 2.75) is 32.7 Å². The summed E-state index contributed by atoms with van der Waals surface area (Å²) in [6.45, 7) is 3.39. The molecule has 0 atom stereocenters. The molecule has 0 spiro atoms. The van der Waals surface area contributed by atoms with Crippen LogP contribution in [0.15, 0.2) is 18.2 Å². The number of hydrogen-bond donors (Lipinski definition) is 1. The summed E-state index contributed by atoms with van der Waals surface area (Å²) in [6.07, 6.45) is 1.70. The molecule has 0 aliphatic carbocycles. The van der Waals surface area contributed by atoms with Crippen molar-refractivity contribution in [2.75, 3.05) is 13.1 Å². The van der Waals surface area contributed by atoms with Crippen LogP contribution >= 0.6 is 0 Å². The van der Waals surface area contributed by atoms with Crippen molar-refractivity contribution in [2.24, 2.45) is 5.41 Å². The summed E-state index contributed by atoms with van der Waals surface area (Å²) in [6, 6.07) is 3.43. The number of carbonyl (C=O) groups is 1. The van der Waals surface area contributed by atoms with Gasteiger partial charge in [0.15, 0.2) is 0 Å². The quantitative estimate of drug-likeness (QED) is 0.923. The number of nitrogens with zero attached hydrogens (tertiary/aromatic N) is 1. The van der Waals surface area contributed by atoms with Crippen molar-refractivity contribution >= 4 is 5.97 Å². The molecular formula is C15H19F2NO2. The summed E-state index contributed by atoms with van der Waals surface area (Å²) in [4.78, 5) is 13.3. The number of benzene rings is 1. The highest BCUT2D eigenvalue weighted by Crippen LogP contribution is 2.35. The number of halogens is 2. The molecule has 0 unspecified atom stereocenters. The Morgan fingerprint density at radius 2 is 2.00 bits per heavy atom. The molecule has 0 radical (unpaired) electrons. The van der Waals surface area contributed by atoms with Crippen LogP contribution in [0.5, 0.6) is 0 Å². The number of carboxylic acid groups (broad SMARTS) is 1. The fourth-order valence-corrected chi connectivity index (χ4v) is 2.76. The summed E-state index contributed by atoms with van der Waals surface area (Å²) in [5.41, 5.74) is -0.332. The fourth-order valence-electron chi connectivity index (χ4n) is 2.76. The Morgan fingerprint density at radius 1 is 1.35 bits per heavy atom. The van der Waals surface area contributed by atoms with Crippen molar-refractivity contribution in [3.63, 3.8) is 0 Å². The molecule has 1 heterocycles. The van der Waals surface area contributed by atoms with Crippen molar-refractivity contribution in [3.8, 4) is 0 Å². The van der Waals surface area contributed by atoms with Gasteiger partial charge in [0.2, 0.25) is 0 Å². The highest BCUT2D eigenvalue weighted by Gasteiger charge is 2.39. The summed E-state index contributed by atoms with van der Waals surface area (Å²) >= 11 is 0. The summed E-state index contributed by atoms with van der Waals surface area (Å²) in [7, 11) is 0. The van der Waals surface area contributed by atoms with Crippen LogP contribution < -0.4 is 0 Å². The topological polar surface area (TPSA) is 40.5 Å². The third-order valence-corrected chi connectivity index (χ3v) is 4.35. The Labute approximate surface area is 117 Å². The number of piperidine rings is 1. The van der Waals surface area contributed by atoms with Crippen molar-refractivity contribution in [1.29, 1.82) is 0 Å². The lowest BCUT2D eigenvalue weighted by molar-refractivity contribution is -0.152. The molecule has 1 saturated heterocycles. The first-order valence-electron chi connectivity index (χ1n) is 6.86. The van der Waals surface area contributed by atoms with Crippen LogP contribution in [0.3, 0.4) is 0 Å². The maximum Gasteiger partial charge on any atom is 0.309 e. The lowest BCUT2D eigenvalue weighted by Crippen LogP contribution is -2.43. The maximum absolute atomic E-state index is 13.6. The molecule has 3 nitrogen and oxygen atoms in total. The summed E-state index contributed by atoms with van der Waals surface area (Å²) in [5, 5.41) is 9.32. The third kappa shape index (κ3) is 2.98. The standard InChI is InChI=1S/C15H19F2NO2/c1-2-15(14(19)20)5-7-18(8-6-15)10-11-9-12(16)3-4-13(11)17/h3-4,9H,2,5-8,10H2,1H3,(H,19,20). The first-order valence-corrected chi connectivity index (χ1v) is 6.86. The molecule has 0 amide bonds. The zero-order valence-corrected chi connectivity index (χ0v) is 11.5. The fraction of sp³-hybridized carbons (Fsp3) is 0.533. The van der Waals surface area contributed by atoms with Crippen LogP contribution in [-0.2, 0) is 11.3 Å². The Balaban J connectivity index is 2.01. The van der Waals surface area contributed by atoms with E-state index in [0.717, 1.165) is 12.1 Å². The molecule has 2 rings (SSSR count). The van der Waals surface area contributed by atoms with Gasteiger partial charge in [-0.3, -0.25) is 9.69 Å². The van der Waals surface area contributed by atoms with Crippen LogP contribution in [0, 0.1) is 17.0 Å². The number of carboxylic acids is 1. The molecule has 0 bridgehead atoms. The van der Waals surface area contributed by atoms with E-state index in [4.69, 9.17) is 0 Å². The van der Waals surface area contributed by atoms with Crippen molar-refractivity contribution in [1.82, 2.24) is 4.90 Å². The molecule has 1 aromatic rings. The van der Waals surface area contributed by atoms with E-state index in [1.807, 2.05) is 11.8 Å². The monoisotopic (exact) mass is 283 g/mol. The molecule has 1 aliphatic rings. The molecule has 0 saturated carbocycles. The number of rotatable bonds is 4. The Bertz CT molecular complexity index is 497. The van der Waals surface area contributed by atoms with Gasteiger partial charge in [-0.25, -0.2) is 8.78 Å². The minimum atomic E-state index is -0.753. The van der Waals surface area contributed by atoms with Gasteiger partial charge < -0.3 is 5.11 Å². The Morgan fingerprint density at radius 3 is 2.55 bits per heavy atom. The Hall–Kier alpha value is -1.49. The number of hydrogen-bond acceptors (Lipinski definition) is 2. The summed E-state index contributed by atoms with van der Waals surface area (Å²) in [5.74, 6) is -1.62. The second-order valence-electron chi connectivity index (χ2n) is 5.45. The molecular weight excluding hydrogens is 264 g/mol. The largest absolute Gasteiger partial charge is 0.481 e. The van der Waals surface area contributed by atoms with Gasteiger partial charge in [-0.1, -0.05) is 6.92 Å². The average molecular weight is 283 g/mol. The van der Waals surface area contributed by atoms with Crippen LogP contribution in [-0.4, -0.2) is 29.1 Å². The first-order chi connectivity index (χ1) is 9.47. The second kappa shape index (κ2) is 5.87. The van der Waals surface area contributed by atoms with Crippen LogP contribution in [0.25, 0.3) is 0 Å². The molecule has 0 aromatic heterocycles. The molecule has 1 aliphatic heterocycles. The van der Waals surface area contributed by atoms with Gasteiger partial charge in [0.05, 0.1) is 5.41 Å². The maximum atomic E-state index is 13.6. The molecule has 1 N–H and O–H groups in total. The van der Waals surface area contributed by atoms with Gasteiger partial charge in [0.1, 0.15) is 11.6 Å². The van der Waals surface area contributed by atoms with E-state index in [9.17, 15) is 18.7 Å². The smallest absolute Gasteiger partial charge is 0.309 e. The van der Waals surface area contributed by atoms with E-state index >= 15 is 0 Å². The van der Waals surface area contributed by atoms with E-state index in [-0.39, 0.29) is 0 Å². The zero-order chi connectivity index (χ0) is 14.8.